The molecule has 0 radical (unpaired) electrons. The van der Waals surface area contributed by atoms with Crippen LogP contribution in [0.25, 0.3) is 0 Å². The predicted molar refractivity (Wildman–Crippen MR) is 68.7 cm³/mol. The first-order valence-corrected chi connectivity index (χ1v) is 7.85. The quantitative estimate of drug-likeness (QED) is 0.896. The fourth-order valence-electron chi connectivity index (χ4n) is 1.82. The molecule has 1 amide bonds. The topological polar surface area (TPSA) is 63.2 Å². The van der Waals surface area contributed by atoms with Gasteiger partial charge in [-0.3, -0.25) is 4.79 Å². The van der Waals surface area contributed by atoms with Gasteiger partial charge in [-0.15, -0.1) is 0 Å². The predicted octanol–water partition coefficient (Wildman–Crippen LogP) is 1.37. The lowest BCUT2D eigenvalue weighted by Gasteiger charge is -2.11. The summed E-state index contributed by atoms with van der Waals surface area (Å²) in [6.45, 7) is 0. The minimum atomic E-state index is -2.96. The van der Waals surface area contributed by atoms with Crippen LogP contribution in [-0.2, 0) is 9.84 Å². The number of hydrogen-bond acceptors (Lipinski definition) is 3. The largest absolute Gasteiger partial charge is 0.348 e. The number of rotatable bonds is 2. The Kier molecular flexibility index (Phi) is 3.53. The van der Waals surface area contributed by atoms with Crippen molar-refractivity contribution < 1.29 is 13.2 Å². The molecule has 92 valence electrons. The van der Waals surface area contributed by atoms with Crippen LogP contribution < -0.4 is 5.32 Å². The van der Waals surface area contributed by atoms with Crippen LogP contribution in [0.4, 0.5) is 0 Å². The standard InChI is InChI=1S/C11H12BrNO3S/c12-10-4-2-1-3-9(10)11(14)13-8-5-6-17(15,16)7-8/h1-4,8H,5-7H2,(H,13,14)/t8-/m1/s1. The maximum atomic E-state index is 11.9. The minimum Gasteiger partial charge on any atom is -0.348 e. The van der Waals surface area contributed by atoms with Gasteiger partial charge in [-0.1, -0.05) is 12.1 Å². The van der Waals surface area contributed by atoms with Crippen molar-refractivity contribution in [1.29, 1.82) is 0 Å². The van der Waals surface area contributed by atoms with Crippen molar-refractivity contribution >= 4 is 31.7 Å². The van der Waals surface area contributed by atoms with E-state index in [0.717, 1.165) is 0 Å². The molecule has 0 aromatic heterocycles. The van der Waals surface area contributed by atoms with Gasteiger partial charge in [0.05, 0.1) is 17.1 Å². The van der Waals surface area contributed by atoms with Crippen molar-refractivity contribution in [3.63, 3.8) is 0 Å². The van der Waals surface area contributed by atoms with Crippen LogP contribution in [0.5, 0.6) is 0 Å². The highest BCUT2D eigenvalue weighted by Gasteiger charge is 2.29. The second-order valence-corrected chi connectivity index (χ2v) is 7.14. The maximum absolute atomic E-state index is 11.9. The van der Waals surface area contributed by atoms with Gasteiger partial charge in [-0.05, 0) is 34.5 Å². The number of nitrogens with one attached hydrogen (secondary N) is 1. The lowest BCUT2D eigenvalue weighted by Crippen LogP contribution is -2.35. The Labute approximate surface area is 108 Å². The summed E-state index contributed by atoms with van der Waals surface area (Å²) >= 11 is 3.29. The molecule has 0 spiro atoms. The molecular formula is C11H12BrNO3S. The number of benzene rings is 1. The summed E-state index contributed by atoms with van der Waals surface area (Å²) in [6, 6.07) is 6.80. The Morgan fingerprint density at radius 1 is 1.35 bits per heavy atom. The van der Waals surface area contributed by atoms with E-state index in [0.29, 0.717) is 16.5 Å². The first kappa shape index (κ1) is 12.6. The molecule has 0 unspecified atom stereocenters. The highest BCUT2D eigenvalue weighted by molar-refractivity contribution is 9.10. The van der Waals surface area contributed by atoms with Gasteiger partial charge >= 0.3 is 0 Å². The molecule has 1 heterocycles. The third kappa shape index (κ3) is 3.07. The van der Waals surface area contributed by atoms with E-state index in [-0.39, 0.29) is 23.5 Å². The number of sulfone groups is 1. The van der Waals surface area contributed by atoms with E-state index in [1.165, 1.54) is 0 Å². The summed E-state index contributed by atoms with van der Waals surface area (Å²) in [6.07, 6.45) is 0.499. The zero-order valence-electron chi connectivity index (χ0n) is 9.02. The average molecular weight is 318 g/mol. The van der Waals surface area contributed by atoms with Crippen molar-refractivity contribution in [2.24, 2.45) is 0 Å². The van der Waals surface area contributed by atoms with Crippen LogP contribution in [0.15, 0.2) is 28.7 Å². The Morgan fingerprint density at radius 3 is 2.65 bits per heavy atom. The SMILES string of the molecule is O=C(N[C@@H]1CCS(=O)(=O)C1)c1ccccc1Br. The molecule has 1 aromatic carbocycles. The van der Waals surface area contributed by atoms with Gasteiger partial charge in [0.15, 0.2) is 9.84 Å². The van der Waals surface area contributed by atoms with Gasteiger partial charge in [-0.25, -0.2) is 8.42 Å². The van der Waals surface area contributed by atoms with Crippen LogP contribution in [0.1, 0.15) is 16.8 Å². The Morgan fingerprint density at radius 2 is 2.06 bits per heavy atom. The lowest BCUT2D eigenvalue weighted by atomic mass is 10.2. The molecule has 1 aliphatic heterocycles. The molecular weight excluding hydrogens is 306 g/mol. The smallest absolute Gasteiger partial charge is 0.252 e. The van der Waals surface area contributed by atoms with Crippen molar-refractivity contribution in [2.45, 2.75) is 12.5 Å². The van der Waals surface area contributed by atoms with Crippen LogP contribution in [0.3, 0.4) is 0 Å². The molecule has 1 N–H and O–H groups in total. The van der Waals surface area contributed by atoms with E-state index in [1.807, 2.05) is 6.07 Å². The van der Waals surface area contributed by atoms with Crippen LogP contribution >= 0.6 is 15.9 Å². The molecule has 1 atom stereocenters. The van der Waals surface area contributed by atoms with Crippen LogP contribution in [-0.4, -0.2) is 31.9 Å². The molecule has 1 fully saturated rings. The lowest BCUT2D eigenvalue weighted by molar-refractivity contribution is 0.0940. The van der Waals surface area contributed by atoms with Crippen LogP contribution in [0.2, 0.25) is 0 Å². The highest BCUT2D eigenvalue weighted by atomic mass is 79.9. The summed E-state index contributed by atoms with van der Waals surface area (Å²) in [4.78, 5) is 11.9. The Bertz CT molecular complexity index is 541. The van der Waals surface area contributed by atoms with Gasteiger partial charge in [0, 0.05) is 10.5 Å². The number of amides is 1. The molecule has 2 rings (SSSR count). The van der Waals surface area contributed by atoms with E-state index in [9.17, 15) is 13.2 Å². The molecule has 0 saturated carbocycles. The Hall–Kier alpha value is -0.880. The zero-order valence-corrected chi connectivity index (χ0v) is 11.4. The molecule has 1 saturated heterocycles. The molecule has 0 bridgehead atoms. The first-order valence-electron chi connectivity index (χ1n) is 5.24. The molecule has 17 heavy (non-hydrogen) atoms. The fraction of sp³-hybridized carbons (Fsp3) is 0.364. The van der Waals surface area contributed by atoms with Gasteiger partial charge in [-0.2, -0.15) is 0 Å². The van der Waals surface area contributed by atoms with E-state index < -0.39 is 9.84 Å². The summed E-state index contributed by atoms with van der Waals surface area (Å²) in [7, 11) is -2.96. The van der Waals surface area contributed by atoms with Crippen molar-refractivity contribution in [1.82, 2.24) is 5.32 Å². The second-order valence-electron chi connectivity index (χ2n) is 4.05. The zero-order chi connectivity index (χ0) is 12.5. The normalized spacial score (nSPS) is 22.3. The minimum absolute atomic E-state index is 0.0448. The van der Waals surface area contributed by atoms with E-state index in [2.05, 4.69) is 21.2 Å². The first-order chi connectivity index (χ1) is 7.98. The number of hydrogen-bond donors (Lipinski definition) is 1. The monoisotopic (exact) mass is 317 g/mol. The van der Waals surface area contributed by atoms with Gasteiger partial charge in [0.25, 0.3) is 5.91 Å². The van der Waals surface area contributed by atoms with E-state index in [4.69, 9.17) is 0 Å². The fourth-order valence-corrected chi connectivity index (χ4v) is 3.96. The maximum Gasteiger partial charge on any atom is 0.252 e. The molecule has 4 nitrogen and oxygen atoms in total. The highest BCUT2D eigenvalue weighted by Crippen LogP contribution is 2.17. The molecule has 1 aliphatic rings. The van der Waals surface area contributed by atoms with Crippen molar-refractivity contribution in [2.75, 3.05) is 11.5 Å². The van der Waals surface area contributed by atoms with E-state index >= 15 is 0 Å². The molecule has 1 aromatic rings. The van der Waals surface area contributed by atoms with Crippen molar-refractivity contribution in [3.8, 4) is 0 Å². The average Bonchev–Trinajstić information content (AvgIpc) is 2.58. The van der Waals surface area contributed by atoms with Crippen molar-refractivity contribution in [3.05, 3.63) is 34.3 Å². The molecule has 0 aliphatic carbocycles. The van der Waals surface area contributed by atoms with Gasteiger partial charge in [0.2, 0.25) is 0 Å². The second kappa shape index (κ2) is 4.78. The summed E-state index contributed by atoms with van der Waals surface area (Å²) < 4.78 is 23.2. The summed E-state index contributed by atoms with van der Waals surface area (Å²) in [5.41, 5.74) is 0.525. The summed E-state index contributed by atoms with van der Waals surface area (Å²) in [5, 5.41) is 2.74. The van der Waals surface area contributed by atoms with Gasteiger partial charge < -0.3 is 5.32 Å². The van der Waals surface area contributed by atoms with Crippen LogP contribution in [0, 0.1) is 0 Å². The van der Waals surface area contributed by atoms with Gasteiger partial charge in [0.1, 0.15) is 0 Å². The number of halogens is 1. The molecule has 6 heteroatoms. The number of carbonyl (C=O) groups is 1. The van der Waals surface area contributed by atoms with E-state index in [1.54, 1.807) is 18.2 Å². The summed E-state index contributed by atoms with van der Waals surface area (Å²) in [5.74, 6) is -0.0310. The number of carbonyl (C=O) groups excluding carboxylic acids is 1. The third-order valence-corrected chi connectivity index (χ3v) is 5.15. The Balaban J connectivity index is 2.06. The third-order valence-electron chi connectivity index (χ3n) is 2.69.